The van der Waals surface area contributed by atoms with Gasteiger partial charge in [0.15, 0.2) is 10.1 Å². The SMILES string of the molecule is CC[C@@H](Sc1ncc(S(=O)(=O)c2ccc(C)cc2C)c(=O)[nH]1)C(=O)Nc1cc(C)ccc1C. The lowest BCUT2D eigenvalue weighted by Crippen LogP contribution is -2.26. The molecule has 0 saturated carbocycles. The standard InChI is InChI=1S/C24H27N3O4S2/c1-6-19(22(28)26-18-12-15(3)7-9-16(18)4)32-24-25-13-21(23(29)27-24)33(30,31)20-10-8-14(2)11-17(20)5/h7-13,19H,6H2,1-5H3,(H,26,28)(H,25,27,29)/t19-/m1/s1. The van der Waals surface area contributed by atoms with Crippen LogP contribution in [0.25, 0.3) is 0 Å². The number of benzene rings is 2. The molecule has 7 nitrogen and oxygen atoms in total. The maximum Gasteiger partial charge on any atom is 0.270 e. The van der Waals surface area contributed by atoms with Gasteiger partial charge < -0.3 is 10.3 Å². The van der Waals surface area contributed by atoms with Crippen LogP contribution in [0.1, 0.15) is 35.6 Å². The fourth-order valence-electron chi connectivity index (χ4n) is 3.38. The molecule has 0 fully saturated rings. The number of rotatable bonds is 7. The van der Waals surface area contributed by atoms with E-state index in [0.29, 0.717) is 12.0 Å². The topological polar surface area (TPSA) is 109 Å². The number of aryl methyl sites for hydroxylation is 4. The number of nitrogens with one attached hydrogen (secondary N) is 2. The molecular formula is C24H27N3O4S2. The molecule has 1 atom stereocenters. The molecule has 0 unspecified atom stereocenters. The van der Waals surface area contributed by atoms with Gasteiger partial charge in [-0.2, -0.15) is 0 Å². The van der Waals surface area contributed by atoms with E-state index in [2.05, 4.69) is 15.3 Å². The van der Waals surface area contributed by atoms with Crippen LogP contribution in [0.2, 0.25) is 0 Å². The normalized spacial score (nSPS) is 12.4. The highest BCUT2D eigenvalue weighted by atomic mass is 32.2. The van der Waals surface area contributed by atoms with Crippen molar-refractivity contribution < 1.29 is 13.2 Å². The second-order valence-corrected chi connectivity index (χ2v) is 11.1. The molecule has 0 aliphatic carbocycles. The molecule has 0 bridgehead atoms. The van der Waals surface area contributed by atoms with Crippen molar-refractivity contribution in [2.24, 2.45) is 0 Å². The largest absolute Gasteiger partial charge is 0.325 e. The molecule has 1 amide bonds. The van der Waals surface area contributed by atoms with Gasteiger partial charge in [-0.15, -0.1) is 0 Å². The summed E-state index contributed by atoms with van der Waals surface area (Å²) in [6.45, 7) is 9.27. The third-order valence-corrected chi connectivity index (χ3v) is 8.39. The van der Waals surface area contributed by atoms with E-state index in [1.165, 1.54) is 6.07 Å². The van der Waals surface area contributed by atoms with Gasteiger partial charge in [0.05, 0.1) is 16.3 Å². The highest BCUT2D eigenvalue weighted by Crippen LogP contribution is 2.26. The third kappa shape index (κ3) is 5.54. The molecule has 2 N–H and O–H groups in total. The summed E-state index contributed by atoms with van der Waals surface area (Å²) in [4.78, 5) is 31.8. The van der Waals surface area contributed by atoms with Crippen molar-refractivity contribution in [3.63, 3.8) is 0 Å². The number of amides is 1. The summed E-state index contributed by atoms with van der Waals surface area (Å²) in [5.74, 6) is -0.217. The average Bonchev–Trinajstić information content (AvgIpc) is 2.74. The number of aromatic nitrogens is 2. The summed E-state index contributed by atoms with van der Waals surface area (Å²) >= 11 is 1.09. The quantitative estimate of drug-likeness (QED) is 0.380. The predicted octanol–water partition coefficient (Wildman–Crippen LogP) is 4.35. The van der Waals surface area contributed by atoms with Crippen molar-refractivity contribution in [2.75, 3.05) is 5.32 Å². The second kappa shape index (κ2) is 9.93. The van der Waals surface area contributed by atoms with Gasteiger partial charge in [-0.05, 0) is 62.9 Å². The van der Waals surface area contributed by atoms with Gasteiger partial charge in [0.1, 0.15) is 0 Å². The summed E-state index contributed by atoms with van der Waals surface area (Å²) < 4.78 is 26.0. The smallest absolute Gasteiger partial charge is 0.270 e. The Morgan fingerprint density at radius 1 is 1.03 bits per heavy atom. The number of H-pyrrole nitrogens is 1. The van der Waals surface area contributed by atoms with E-state index in [0.717, 1.165) is 40.3 Å². The van der Waals surface area contributed by atoms with Crippen molar-refractivity contribution in [3.05, 3.63) is 75.2 Å². The minimum atomic E-state index is -4.03. The van der Waals surface area contributed by atoms with E-state index in [-0.39, 0.29) is 16.0 Å². The highest BCUT2D eigenvalue weighted by Gasteiger charge is 2.25. The minimum absolute atomic E-state index is 0.0696. The molecule has 33 heavy (non-hydrogen) atoms. The molecule has 3 aromatic rings. The third-order valence-electron chi connectivity index (χ3n) is 5.22. The first kappa shape index (κ1) is 24.7. The number of nitrogens with zero attached hydrogens (tertiary/aromatic N) is 1. The molecule has 9 heteroatoms. The first-order chi connectivity index (χ1) is 15.5. The van der Waals surface area contributed by atoms with Gasteiger partial charge >= 0.3 is 0 Å². The van der Waals surface area contributed by atoms with E-state index in [4.69, 9.17) is 0 Å². The molecule has 174 valence electrons. The Balaban J connectivity index is 1.83. The van der Waals surface area contributed by atoms with E-state index in [9.17, 15) is 18.0 Å². The van der Waals surface area contributed by atoms with Gasteiger partial charge in [0.2, 0.25) is 15.7 Å². The molecule has 1 heterocycles. The Labute approximate surface area is 198 Å². The van der Waals surface area contributed by atoms with Crippen LogP contribution < -0.4 is 10.9 Å². The van der Waals surface area contributed by atoms with Crippen LogP contribution in [0.5, 0.6) is 0 Å². The van der Waals surface area contributed by atoms with Crippen molar-refractivity contribution in [1.82, 2.24) is 9.97 Å². The number of sulfone groups is 1. The van der Waals surface area contributed by atoms with Crippen LogP contribution in [-0.2, 0) is 14.6 Å². The lowest BCUT2D eigenvalue weighted by Gasteiger charge is -2.16. The first-order valence-electron chi connectivity index (χ1n) is 10.5. The maximum atomic E-state index is 13.0. The predicted molar refractivity (Wildman–Crippen MR) is 131 cm³/mol. The Morgan fingerprint density at radius 2 is 1.70 bits per heavy atom. The Bertz CT molecular complexity index is 1360. The van der Waals surface area contributed by atoms with Gasteiger partial charge in [-0.3, -0.25) is 9.59 Å². The maximum absolute atomic E-state index is 13.0. The van der Waals surface area contributed by atoms with E-state index >= 15 is 0 Å². The molecule has 2 aromatic carbocycles. The van der Waals surface area contributed by atoms with Crippen LogP contribution >= 0.6 is 11.8 Å². The number of anilines is 1. The lowest BCUT2D eigenvalue weighted by atomic mass is 10.1. The molecule has 0 aliphatic rings. The van der Waals surface area contributed by atoms with Gasteiger partial charge in [0, 0.05) is 5.69 Å². The van der Waals surface area contributed by atoms with Crippen molar-refractivity contribution in [3.8, 4) is 0 Å². The summed E-state index contributed by atoms with van der Waals surface area (Å²) in [5.41, 5.74) is 3.43. The Morgan fingerprint density at radius 3 is 2.33 bits per heavy atom. The monoisotopic (exact) mass is 485 g/mol. The number of carbonyl (C=O) groups is 1. The van der Waals surface area contributed by atoms with Crippen molar-refractivity contribution >= 4 is 33.2 Å². The van der Waals surface area contributed by atoms with Gasteiger partial charge in [-0.1, -0.05) is 48.5 Å². The van der Waals surface area contributed by atoms with Crippen LogP contribution in [0.3, 0.4) is 0 Å². The lowest BCUT2D eigenvalue weighted by molar-refractivity contribution is -0.115. The van der Waals surface area contributed by atoms with Crippen LogP contribution in [0.4, 0.5) is 5.69 Å². The van der Waals surface area contributed by atoms with E-state index in [1.807, 2.05) is 45.9 Å². The second-order valence-electron chi connectivity index (χ2n) is 7.98. The average molecular weight is 486 g/mol. The number of carbonyl (C=O) groups excluding carboxylic acids is 1. The highest BCUT2D eigenvalue weighted by molar-refractivity contribution is 8.00. The zero-order valence-electron chi connectivity index (χ0n) is 19.2. The molecule has 0 radical (unpaired) electrons. The summed E-state index contributed by atoms with van der Waals surface area (Å²) in [6, 6.07) is 10.7. The summed E-state index contributed by atoms with van der Waals surface area (Å²) in [6.07, 6.45) is 1.55. The summed E-state index contributed by atoms with van der Waals surface area (Å²) in [5, 5.41) is 2.59. The fourth-order valence-corrected chi connectivity index (χ4v) is 5.70. The Hall–Kier alpha value is -2.91. The van der Waals surface area contributed by atoms with Gasteiger partial charge in [-0.25, -0.2) is 13.4 Å². The number of thioether (sulfide) groups is 1. The molecule has 3 rings (SSSR count). The van der Waals surface area contributed by atoms with E-state index < -0.39 is 25.5 Å². The summed E-state index contributed by atoms with van der Waals surface area (Å²) in [7, 11) is -4.03. The molecular weight excluding hydrogens is 458 g/mol. The number of hydrogen-bond donors (Lipinski definition) is 2. The molecule has 1 aromatic heterocycles. The molecule has 0 aliphatic heterocycles. The zero-order valence-corrected chi connectivity index (χ0v) is 20.9. The molecule has 0 spiro atoms. The first-order valence-corrected chi connectivity index (χ1v) is 12.9. The van der Waals surface area contributed by atoms with E-state index in [1.54, 1.807) is 19.1 Å². The number of hydrogen-bond acceptors (Lipinski definition) is 6. The van der Waals surface area contributed by atoms with Crippen LogP contribution in [0.15, 0.2) is 62.3 Å². The zero-order chi connectivity index (χ0) is 24.3. The van der Waals surface area contributed by atoms with Crippen LogP contribution in [-0.4, -0.2) is 29.5 Å². The number of aromatic amines is 1. The Kier molecular flexibility index (Phi) is 7.44. The fraction of sp³-hybridized carbons (Fsp3) is 0.292. The minimum Gasteiger partial charge on any atom is -0.325 e. The van der Waals surface area contributed by atoms with Crippen molar-refractivity contribution in [1.29, 1.82) is 0 Å². The van der Waals surface area contributed by atoms with Gasteiger partial charge in [0.25, 0.3) is 5.56 Å². The van der Waals surface area contributed by atoms with Crippen LogP contribution in [0, 0.1) is 27.7 Å². The molecule has 0 saturated heterocycles. The van der Waals surface area contributed by atoms with Crippen molar-refractivity contribution in [2.45, 2.75) is 61.2 Å².